The Kier molecular flexibility index (Phi) is 11.6. The highest BCUT2D eigenvalue weighted by Crippen LogP contribution is 2.36. The first-order valence-corrected chi connectivity index (χ1v) is 15.7. The molecule has 1 saturated heterocycles. The molecule has 2 aromatic rings. The molecular weight excluding hydrogens is 603 g/mol. The number of halogens is 3. The number of aryl methyl sites for hydroxylation is 1. The third-order valence-electron chi connectivity index (χ3n) is 8.88. The Morgan fingerprint density at radius 2 is 1.76 bits per heavy atom. The number of aromatic nitrogens is 2. The van der Waals surface area contributed by atoms with Crippen molar-refractivity contribution in [3.8, 4) is 0 Å². The fraction of sp³-hybridized carbons (Fsp3) is 0.531. The zero-order chi connectivity index (χ0) is 33.5. The average Bonchev–Trinajstić information content (AvgIpc) is 3.73. The zero-order valence-corrected chi connectivity index (χ0v) is 26.6. The summed E-state index contributed by atoms with van der Waals surface area (Å²) in [6, 6.07) is 3.45. The van der Waals surface area contributed by atoms with E-state index in [4.69, 9.17) is 0 Å². The van der Waals surface area contributed by atoms with E-state index in [0.717, 1.165) is 0 Å². The van der Waals surface area contributed by atoms with Gasteiger partial charge < -0.3 is 25.8 Å². The monoisotopic (exact) mass is 645 g/mol. The number of carbonyl (C=O) groups excluding carboxylic acids is 4. The van der Waals surface area contributed by atoms with Gasteiger partial charge >= 0.3 is 0 Å². The van der Waals surface area contributed by atoms with E-state index in [1.807, 2.05) is 7.05 Å². The number of piperazine rings is 1. The van der Waals surface area contributed by atoms with Gasteiger partial charge in [0.2, 0.25) is 17.7 Å². The van der Waals surface area contributed by atoms with Gasteiger partial charge in [-0.05, 0) is 68.5 Å². The minimum absolute atomic E-state index is 0.0731. The molecule has 1 saturated carbocycles. The van der Waals surface area contributed by atoms with Crippen molar-refractivity contribution in [2.24, 2.45) is 5.92 Å². The normalized spacial score (nSPS) is 18.9. The van der Waals surface area contributed by atoms with Crippen LogP contribution in [0.5, 0.6) is 0 Å². The fourth-order valence-corrected chi connectivity index (χ4v) is 5.95. The lowest BCUT2D eigenvalue weighted by atomic mass is 9.91. The van der Waals surface area contributed by atoms with Crippen LogP contribution in [-0.2, 0) is 20.9 Å². The van der Waals surface area contributed by atoms with Crippen LogP contribution in [0.15, 0.2) is 42.1 Å². The lowest BCUT2D eigenvalue weighted by Crippen LogP contribution is -2.55. The van der Waals surface area contributed by atoms with Crippen LogP contribution >= 0.6 is 0 Å². The van der Waals surface area contributed by atoms with Gasteiger partial charge in [0, 0.05) is 51.3 Å². The smallest absolute Gasteiger partial charge is 0.270 e. The van der Waals surface area contributed by atoms with Crippen LogP contribution in [0.2, 0.25) is 0 Å². The Labute approximate surface area is 266 Å². The van der Waals surface area contributed by atoms with Crippen molar-refractivity contribution in [2.45, 2.75) is 71.0 Å². The van der Waals surface area contributed by atoms with Gasteiger partial charge in [-0.1, -0.05) is 19.9 Å². The van der Waals surface area contributed by atoms with Crippen molar-refractivity contribution in [3.63, 3.8) is 0 Å². The Morgan fingerprint density at radius 3 is 2.37 bits per heavy atom. The molecule has 1 aliphatic carbocycles. The van der Waals surface area contributed by atoms with Crippen molar-refractivity contribution in [3.05, 3.63) is 59.2 Å². The predicted molar refractivity (Wildman–Crippen MR) is 165 cm³/mol. The number of amides is 4. The molecule has 4 amide bonds. The maximum absolute atomic E-state index is 15.5. The quantitative estimate of drug-likeness (QED) is 0.343. The van der Waals surface area contributed by atoms with E-state index in [2.05, 4.69) is 25.9 Å². The average molecular weight is 646 g/mol. The predicted octanol–water partition coefficient (Wildman–Crippen LogP) is 3.50. The van der Waals surface area contributed by atoms with Gasteiger partial charge in [0.05, 0.1) is 5.69 Å². The molecule has 1 unspecified atom stereocenters. The molecule has 11 nitrogen and oxygen atoms in total. The summed E-state index contributed by atoms with van der Waals surface area (Å²) in [4.78, 5) is 56.3. The number of benzene rings is 1. The highest BCUT2D eigenvalue weighted by Gasteiger charge is 2.37. The van der Waals surface area contributed by atoms with Gasteiger partial charge in [-0.2, -0.15) is 13.9 Å². The van der Waals surface area contributed by atoms with Crippen molar-refractivity contribution in [1.29, 1.82) is 0 Å². The maximum Gasteiger partial charge on any atom is 0.270 e. The van der Waals surface area contributed by atoms with Crippen LogP contribution < -0.4 is 16.0 Å². The molecule has 0 spiro atoms. The highest BCUT2D eigenvalue weighted by molar-refractivity contribution is 6.01. The molecule has 0 radical (unpaired) electrons. The summed E-state index contributed by atoms with van der Waals surface area (Å²) in [5, 5.41) is 12.0. The number of carbonyl (C=O) groups is 4. The second-order valence-corrected chi connectivity index (χ2v) is 11.9. The minimum atomic E-state index is -1.80. The number of rotatable bonds is 11. The van der Waals surface area contributed by atoms with Crippen LogP contribution in [0.3, 0.4) is 0 Å². The largest absolute Gasteiger partial charge is 0.344 e. The Hall–Kier alpha value is -4.20. The van der Waals surface area contributed by atoms with Crippen molar-refractivity contribution < 1.29 is 32.3 Å². The van der Waals surface area contributed by atoms with Crippen LogP contribution in [0.4, 0.5) is 18.9 Å². The Balaban J connectivity index is 1.54. The van der Waals surface area contributed by atoms with Gasteiger partial charge in [-0.25, -0.2) is 4.39 Å². The molecule has 3 N–H and O–H groups in total. The van der Waals surface area contributed by atoms with E-state index < -0.39 is 47.6 Å². The van der Waals surface area contributed by atoms with Gasteiger partial charge in [0.25, 0.3) is 12.0 Å². The first-order chi connectivity index (χ1) is 21.9. The number of nitrogens with zero attached hydrogens (tertiary/aromatic N) is 4. The van der Waals surface area contributed by atoms with Crippen molar-refractivity contribution in [2.75, 3.05) is 38.5 Å². The second-order valence-electron chi connectivity index (χ2n) is 11.9. The molecule has 2 fully saturated rings. The molecule has 0 bridgehead atoms. The molecule has 1 aromatic carbocycles. The lowest BCUT2D eigenvalue weighted by Gasteiger charge is -2.36. The number of anilines is 1. The van der Waals surface area contributed by atoms with E-state index >= 15 is 4.39 Å². The first-order valence-electron chi connectivity index (χ1n) is 15.7. The summed E-state index contributed by atoms with van der Waals surface area (Å²) in [6.07, 6.45) is 0.0581. The van der Waals surface area contributed by atoms with E-state index in [-0.39, 0.29) is 54.5 Å². The third kappa shape index (κ3) is 8.14. The van der Waals surface area contributed by atoms with E-state index in [1.165, 1.54) is 29.1 Å². The standard InChI is InChI=1S/C32H42F3N7O4/c1-5-26(43)38-27(32(46)41-15-13-40(4)14-16-41)19(3)20-9-10-24(23(33)18-20)37-31(45)28(21-7-8-22(17-21)29(34)35)39-30(44)25-11-12-36-42(25)6-2/h9-12,18-19,21,27-28H,5-8,13-17H2,1-4H3,(H,37,45)(H,38,43)(H,39,44)/t19-,21?,27+,28+/m0/s1. The van der Waals surface area contributed by atoms with Gasteiger partial charge in [-0.3, -0.25) is 23.9 Å². The summed E-state index contributed by atoms with van der Waals surface area (Å²) in [7, 11) is 1.97. The van der Waals surface area contributed by atoms with Gasteiger partial charge in [0.15, 0.2) is 0 Å². The molecule has 14 heteroatoms. The summed E-state index contributed by atoms with van der Waals surface area (Å²) in [5.74, 6) is -3.94. The number of allylic oxidation sites excluding steroid dienone is 1. The van der Waals surface area contributed by atoms with Crippen LogP contribution in [0.25, 0.3) is 0 Å². The summed E-state index contributed by atoms with van der Waals surface area (Å²) in [5.41, 5.74) is 0.381. The van der Waals surface area contributed by atoms with Gasteiger partial charge in [-0.15, -0.1) is 0 Å². The molecule has 46 heavy (non-hydrogen) atoms. The molecule has 2 heterocycles. The molecule has 250 valence electrons. The topological polar surface area (TPSA) is 129 Å². The minimum Gasteiger partial charge on any atom is -0.344 e. The van der Waals surface area contributed by atoms with Crippen LogP contribution in [-0.4, -0.2) is 88.5 Å². The molecular formula is C32H42F3N7O4. The summed E-state index contributed by atoms with van der Waals surface area (Å²) >= 11 is 0. The molecule has 4 rings (SSSR count). The van der Waals surface area contributed by atoms with E-state index in [0.29, 0.717) is 38.3 Å². The van der Waals surface area contributed by atoms with Gasteiger partial charge in [0.1, 0.15) is 23.6 Å². The van der Waals surface area contributed by atoms with E-state index in [1.54, 1.807) is 31.7 Å². The van der Waals surface area contributed by atoms with Crippen molar-refractivity contribution in [1.82, 2.24) is 30.2 Å². The number of hydrogen-bond acceptors (Lipinski definition) is 6. The Morgan fingerprint density at radius 1 is 1.04 bits per heavy atom. The summed E-state index contributed by atoms with van der Waals surface area (Å²) in [6.45, 7) is 8.01. The number of likely N-dealkylation sites (N-methyl/N-ethyl adjacent to an activating group) is 1. The first kappa shape index (κ1) is 34.7. The fourth-order valence-electron chi connectivity index (χ4n) is 5.95. The molecule has 4 atom stereocenters. The van der Waals surface area contributed by atoms with Crippen molar-refractivity contribution >= 4 is 29.3 Å². The zero-order valence-electron chi connectivity index (χ0n) is 26.6. The lowest BCUT2D eigenvalue weighted by molar-refractivity contribution is -0.138. The highest BCUT2D eigenvalue weighted by atomic mass is 19.3. The molecule has 1 aromatic heterocycles. The van der Waals surface area contributed by atoms with Crippen LogP contribution in [0, 0.1) is 11.7 Å². The van der Waals surface area contributed by atoms with E-state index in [9.17, 15) is 28.0 Å². The molecule has 2 aliphatic rings. The number of hydrogen-bond donors (Lipinski definition) is 3. The third-order valence-corrected chi connectivity index (χ3v) is 8.88. The second kappa shape index (κ2) is 15.4. The number of nitrogens with one attached hydrogen (secondary N) is 3. The maximum atomic E-state index is 15.5. The summed E-state index contributed by atoms with van der Waals surface area (Å²) < 4.78 is 43.7. The Bertz CT molecular complexity index is 1470. The molecule has 1 aliphatic heterocycles. The SMILES string of the molecule is CCC(=O)N[C@@H](C(=O)N1CCN(C)CC1)[C@@H](C)c1ccc(NC(=O)[C@H](NC(=O)c2ccnn2CC)C2CCC(=C(F)F)C2)c(F)c1. The van der Waals surface area contributed by atoms with Crippen LogP contribution in [0.1, 0.15) is 68.4 Å².